The van der Waals surface area contributed by atoms with Crippen LogP contribution in [0.3, 0.4) is 0 Å². The average molecular weight is 320 g/mol. The Balaban J connectivity index is 0.000000615. The lowest BCUT2D eigenvalue weighted by Crippen LogP contribution is -2.52. The molecule has 0 saturated carbocycles. The number of fused-ring (bicyclic) bond motifs is 1. The van der Waals surface area contributed by atoms with E-state index in [0.717, 1.165) is 24.0 Å². The smallest absolute Gasteiger partial charge is 0.254 e. The van der Waals surface area contributed by atoms with Gasteiger partial charge in [-0.25, -0.2) is 0 Å². The number of piperidine rings is 1. The third kappa shape index (κ3) is 3.89. The Kier molecular flexibility index (Phi) is 7.20. The maximum Gasteiger partial charge on any atom is 0.254 e. The van der Waals surface area contributed by atoms with E-state index in [0.29, 0.717) is 19.4 Å². The first-order valence-corrected chi connectivity index (χ1v) is 8.61. The molecule has 3 aliphatic rings. The molecule has 23 heavy (non-hydrogen) atoms. The van der Waals surface area contributed by atoms with Gasteiger partial charge in [-0.05, 0) is 31.8 Å². The molecule has 0 aromatic heterocycles. The van der Waals surface area contributed by atoms with Crippen molar-refractivity contribution in [1.29, 1.82) is 0 Å². The molecule has 5 heteroatoms. The molecule has 0 spiro atoms. The maximum atomic E-state index is 12.4. The van der Waals surface area contributed by atoms with Crippen molar-refractivity contribution in [2.75, 3.05) is 6.54 Å². The highest BCUT2D eigenvalue weighted by atomic mass is 16.2. The predicted molar refractivity (Wildman–Crippen MR) is 90.6 cm³/mol. The molecule has 2 heterocycles. The number of carbonyl (C=O) groups excluding carboxylic acids is 3. The van der Waals surface area contributed by atoms with E-state index in [1.165, 1.54) is 5.57 Å². The Morgan fingerprint density at radius 1 is 1.09 bits per heavy atom. The summed E-state index contributed by atoms with van der Waals surface area (Å²) in [6, 6.07) is -0.503. The fraction of sp³-hybridized carbons (Fsp3) is 0.611. The zero-order valence-corrected chi connectivity index (χ0v) is 14.9. The van der Waals surface area contributed by atoms with Crippen molar-refractivity contribution in [2.24, 2.45) is 0 Å². The number of allylic oxidation sites excluding steroid dienone is 2. The average Bonchev–Trinajstić information content (AvgIpc) is 2.90. The van der Waals surface area contributed by atoms with Crippen molar-refractivity contribution in [2.45, 2.75) is 66.3 Å². The molecule has 2 fully saturated rings. The summed E-state index contributed by atoms with van der Waals surface area (Å²) >= 11 is 0. The van der Waals surface area contributed by atoms with Crippen LogP contribution in [-0.2, 0) is 14.4 Å². The van der Waals surface area contributed by atoms with Gasteiger partial charge >= 0.3 is 0 Å². The minimum Gasteiger partial charge on any atom is -0.322 e. The Labute approximate surface area is 138 Å². The Bertz CT molecular complexity index is 546. The first-order valence-electron chi connectivity index (χ1n) is 8.61. The number of hydrogen-bond donors (Lipinski definition) is 1. The minimum atomic E-state index is -0.503. The molecule has 0 aromatic rings. The van der Waals surface area contributed by atoms with E-state index in [1.54, 1.807) is 4.90 Å². The van der Waals surface area contributed by atoms with Gasteiger partial charge in [0.1, 0.15) is 6.04 Å². The molecular weight excluding hydrogens is 292 g/mol. The number of amides is 3. The van der Waals surface area contributed by atoms with E-state index in [4.69, 9.17) is 0 Å². The molecule has 2 aliphatic heterocycles. The molecule has 0 aromatic carbocycles. The summed E-state index contributed by atoms with van der Waals surface area (Å²) in [6.45, 7) is 10.5. The zero-order valence-electron chi connectivity index (χ0n) is 14.9. The topological polar surface area (TPSA) is 66.5 Å². The lowest BCUT2D eigenvalue weighted by molar-refractivity contribution is -0.142. The van der Waals surface area contributed by atoms with Gasteiger partial charge in [-0.15, -0.1) is 0 Å². The number of hydrogen-bond acceptors (Lipinski definition) is 3. The molecule has 1 unspecified atom stereocenters. The molecular formula is C18H28N2O3. The standard InChI is InChI=1S/C14H16N2O3.2C2H6/c1-8-3-2-4-9-10(8)7-16(14(9)19)11-5-6-12(17)15-13(11)18;2*1-2/h4,11H,2-3,5-7H2,1H3,(H,15,17,18);2*1-2H3. The van der Waals surface area contributed by atoms with Crippen LogP contribution in [0.2, 0.25) is 0 Å². The number of nitrogens with one attached hydrogen (secondary N) is 1. The van der Waals surface area contributed by atoms with Gasteiger partial charge in [-0.2, -0.15) is 0 Å². The zero-order chi connectivity index (χ0) is 17.6. The summed E-state index contributed by atoms with van der Waals surface area (Å²) < 4.78 is 0. The van der Waals surface area contributed by atoms with E-state index in [1.807, 2.05) is 40.7 Å². The maximum absolute atomic E-state index is 12.4. The van der Waals surface area contributed by atoms with Gasteiger partial charge in [0.25, 0.3) is 5.91 Å². The summed E-state index contributed by atoms with van der Waals surface area (Å²) in [7, 11) is 0. The fourth-order valence-corrected chi connectivity index (χ4v) is 3.00. The van der Waals surface area contributed by atoms with Gasteiger partial charge in [0.05, 0.1) is 0 Å². The monoisotopic (exact) mass is 320 g/mol. The molecule has 1 atom stereocenters. The molecule has 2 saturated heterocycles. The van der Waals surface area contributed by atoms with Crippen LogP contribution >= 0.6 is 0 Å². The molecule has 3 rings (SSSR count). The van der Waals surface area contributed by atoms with Crippen molar-refractivity contribution in [3.8, 4) is 0 Å². The van der Waals surface area contributed by atoms with Crippen molar-refractivity contribution < 1.29 is 14.4 Å². The quantitative estimate of drug-likeness (QED) is 0.755. The largest absolute Gasteiger partial charge is 0.322 e. The molecule has 5 nitrogen and oxygen atoms in total. The third-order valence-electron chi connectivity index (χ3n) is 4.11. The van der Waals surface area contributed by atoms with Crippen LogP contribution < -0.4 is 5.32 Å². The van der Waals surface area contributed by atoms with Crippen LogP contribution in [0.4, 0.5) is 0 Å². The SMILES string of the molecule is CC.CC.CC1=C2CN(C3CCC(=O)NC3=O)C(=O)C2=CCC1. The molecule has 0 radical (unpaired) electrons. The van der Waals surface area contributed by atoms with Gasteiger partial charge in [0.15, 0.2) is 0 Å². The Hall–Kier alpha value is -1.91. The number of imide groups is 1. The Morgan fingerprint density at radius 3 is 2.30 bits per heavy atom. The summed E-state index contributed by atoms with van der Waals surface area (Å²) in [6.07, 6.45) is 4.57. The second kappa shape index (κ2) is 8.65. The second-order valence-corrected chi connectivity index (χ2v) is 5.32. The lowest BCUT2D eigenvalue weighted by Gasteiger charge is -2.28. The fourth-order valence-electron chi connectivity index (χ4n) is 3.00. The molecule has 128 valence electrons. The van der Waals surface area contributed by atoms with E-state index < -0.39 is 6.04 Å². The van der Waals surface area contributed by atoms with Gasteiger partial charge in [-0.3, -0.25) is 19.7 Å². The van der Waals surface area contributed by atoms with Crippen molar-refractivity contribution >= 4 is 17.7 Å². The van der Waals surface area contributed by atoms with Crippen LogP contribution in [0, 0.1) is 0 Å². The van der Waals surface area contributed by atoms with Crippen LogP contribution in [0.1, 0.15) is 60.3 Å². The minimum absolute atomic E-state index is 0.0662. The first-order chi connectivity index (χ1) is 11.1. The second-order valence-electron chi connectivity index (χ2n) is 5.32. The van der Waals surface area contributed by atoms with Crippen LogP contribution in [0.25, 0.3) is 0 Å². The number of likely N-dealkylation sites (tertiary alicyclic amines) is 1. The van der Waals surface area contributed by atoms with E-state index in [-0.39, 0.29) is 17.7 Å². The Morgan fingerprint density at radius 2 is 1.74 bits per heavy atom. The van der Waals surface area contributed by atoms with Crippen molar-refractivity contribution in [3.05, 3.63) is 22.8 Å². The molecule has 1 N–H and O–H groups in total. The van der Waals surface area contributed by atoms with Crippen LogP contribution in [0.15, 0.2) is 22.8 Å². The lowest BCUT2D eigenvalue weighted by atomic mass is 9.94. The number of rotatable bonds is 1. The summed E-state index contributed by atoms with van der Waals surface area (Å²) in [5, 5.41) is 2.31. The van der Waals surface area contributed by atoms with E-state index >= 15 is 0 Å². The highest BCUT2D eigenvalue weighted by molar-refractivity contribution is 6.07. The third-order valence-corrected chi connectivity index (χ3v) is 4.11. The number of carbonyl (C=O) groups is 3. The van der Waals surface area contributed by atoms with Gasteiger partial charge in [-0.1, -0.05) is 39.3 Å². The van der Waals surface area contributed by atoms with Crippen LogP contribution in [-0.4, -0.2) is 35.2 Å². The summed E-state index contributed by atoms with van der Waals surface area (Å²) in [5.74, 6) is -0.662. The van der Waals surface area contributed by atoms with Crippen LogP contribution in [0.5, 0.6) is 0 Å². The normalized spacial score (nSPS) is 23.2. The highest BCUT2D eigenvalue weighted by Gasteiger charge is 2.41. The van der Waals surface area contributed by atoms with Gasteiger partial charge in [0, 0.05) is 18.5 Å². The summed E-state index contributed by atoms with van der Waals surface area (Å²) in [5.41, 5.74) is 3.06. The first kappa shape index (κ1) is 19.1. The predicted octanol–water partition coefficient (Wildman–Crippen LogP) is 2.72. The molecule has 0 bridgehead atoms. The summed E-state index contributed by atoms with van der Waals surface area (Å²) in [4.78, 5) is 37.0. The molecule has 3 amide bonds. The van der Waals surface area contributed by atoms with Gasteiger partial charge < -0.3 is 4.90 Å². The van der Waals surface area contributed by atoms with E-state index in [2.05, 4.69) is 5.32 Å². The highest BCUT2D eigenvalue weighted by Crippen LogP contribution is 2.34. The van der Waals surface area contributed by atoms with Crippen molar-refractivity contribution in [3.63, 3.8) is 0 Å². The number of nitrogens with zero attached hydrogens (tertiary/aromatic N) is 1. The van der Waals surface area contributed by atoms with Gasteiger partial charge in [0.2, 0.25) is 11.8 Å². The van der Waals surface area contributed by atoms with E-state index in [9.17, 15) is 14.4 Å². The molecule has 1 aliphatic carbocycles. The van der Waals surface area contributed by atoms with Crippen molar-refractivity contribution in [1.82, 2.24) is 10.2 Å².